The molecule has 0 bridgehead atoms. The number of aryl methyl sites for hydroxylation is 1. The van der Waals surface area contributed by atoms with Gasteiger partial charge in [0.25, 0.3) is 0 Å². The van der Waals surface area contributed by atoms with Gasteiger partial charge in [0.05, 0.1) is 24.6 Å². The molecule has 4 heterocycles. The summed E-state index contributed by atoms with van der Waals surface area (Å²) in [4.78, 5) is 19.9. The van der Waals surface area contributed by atoms with Gasteiger partial charge in [-0.1, -0.05) is 0 Å². The lowest BCUT2D eigenvalue weighted by atomic mass is 10.1. The number of rotatable bonds is 4. The lowest BCUT2D eigenvalue weighted by Gasteiger charge is -2.28. The van der Waals surface area contributed by atoms with Crippen molar-refractivity contribution in [2.45, 2.75) is 25.9 Å². The second kappa shape index (κ2) is 8.01. The third-order valence-electron chi connectivity index (χ3n) is 4.83. The molecule has 2 aromatic rings. The molecule has 2 aromatic heterocycles. The summed E-state index contributed by atoms with van der Waals surface area (Å²) in [6.07, 6.45) is 3.81. The Bertz CT molecular complexity index is 789. The number of hydrogen-bond donors (Lipinski definition) is 2. The van der Waals surface area contributed by atoms with Crippen molar-refractivity contribution in [3.05, 3.63) is 18.0 Å². The smallest absolute Gasteiger partial charge is 0.229 e. The lowest BCUT2D eigenvalue weighted by Crippen LogP contribution is -2.37. The highest BCUT2D eigenvalue weighted by atomic mass is 16.5. The summed E-state index contributed by atoms with van der Waals surface area (Å²) in [5.41, 5.74) is 8.05. The zero-order chi connectivity index (χ0) is 18.6. The minimum atomic E-state index is 0.162. The van der Waals surface area contributed by atoms with Gasteiger partial charge < -0.3 is 25.4 Å². The molecule has 0 unspecified atom stereocenters. The van der Waals surface area contributed by atoms with Gasteiger partial charge in [-0.25, -0.2) is 15.0 Å². The van der Waals surface area contributed by atoms with Crippen LogP contribution in [0, 0.1) is 6.92 Å². The Labute approximate surface area is 158 Å². The zero-order valence-electron chi connectivity index (χ0n) is 15.5. The number of nitrogen functional groups attached to an aromatic ring is 1. The van der Waals surface area contributed by atoms with Crippen LogP contribution in [0.3, 0.4) is 0 Å². The molecule has 0 spiro atoms. The molecule has 2 aliphatic rings. The van der Waals surface area contributed by atoms with Gasteiger partial charge in [-0.3, -0.25) is 0 Å². The molecule has 0 aliphatic carbocycles. The lowest BCUT2D eigenvalue weighted by molar-refractivity contribution is 0.121. The Kier molecular flexibility index (Phi) is 5.30. The van der Waals surface area contributed by atoms with Crippen LogP contribution in [-0.2, 0) is 4.74 Å². The van der Waals surface area contributed by atoms with Gasteiger partial charge in [-0.2, -0.15) is 4.98 Å². The number of nitrogens with two attached hydrogens (primary N) is 1. The minimum Gasteiger partial charge on any atom is -0.474 e. The van der Waals surface area contributed by atoms with E-state index in [9.17, 15) is 0 Å². The van der Waals surface area contributed by atoms with Crippen molar-refractivity contribution in [2.75, 3.05) is 50.0 Å². The zero-order valence-corrected chi connectivity index (χ0v) is 15.5. The molecular weight excluding hydrogens is 346 g/mol. The van der Waals surface area contributed by atoms with Gasteiger partial charge in [0.1, 0.15) is 6.10 Å². The molecule has 4 rings (SSSR count). The number of aromatic nitrogens is 4. The predicted octanol–water partition coefficient (Wildman–Crippen LogP) is 0.792. The molecular formula is C18H25N7O2. The molecule has 2 saturated heterocycles. The highest BCUT2D eigenvalue weighted by Gasteiger charge is 2.20. The number of nitrogens with one attached hydrogen (secondary N) is 1. The minimum absolute atomic E-state index is 0.162. The molecule has 144 valence electrons. The molecule has 9 nitrogen and oxygen atoms in total. The van der Waals surface area contributed by atoms with Crippen molar-refractivity contribution in [2.24, 2.45) is 0 Å². The first-order chi connectivity index (χ1) is 13.2. The van der Waals surface area contributed by atoms with Gasteiger partial charge in [-0.15, -0.1) is 0 Å². The summed E-state index contributed by atoms with van der Waals surface area (Å²) in [6.45, 7) is 6.68. The van der Waals surface area contributed by atoms with Crippen LogP contribution in [0.2, 0.25) is 0 Å². The number of anilines is 2. The SMILES string of the molecule is Cc1nc(N)ncc1-c1cc(OC2CCNCC2)nc(N2CCOCC2)n1. The first-order valence-corrected chi connectivity index (χ1v) is 9.37. The third kappa shape index (κ3) is 4.25. The molecule has 0 saturated carbocycles. The molecule has 3 N–H and O–H groups in total. The summed E-state index contributed by atoms with van der Waals surface area (Å²) in [7, 11) is 0. The van der Waals surface area contributed by atoms with Gasteiger partial charge in [0.2, 0.25) is 17.8 Å². The van der Waals surface area contributed by atoms with E-state index in [1.165, 1.54) is 0 Å². The van der Waals surface area contributed by atoms with E-state index in [4.69, 9.17) is 20.2 Å². The first kappa shape index (κ1) is 17.9. The van der Waals surface area contributed by atoms with Gasteiger partial charge in [0, 0.05) is 30.9 Å². The van der Waals surface area contributed by atoms with Crippen LogP contribution in [0.1, 0.15) is 18.5 Å². The van der Waals surface area contributed by atoms with E-state index >= 15 is 0 Å². The van der Waals surface area contributed by atoms with Crippen molar-refractivity contribution in [3.8, 4) is 17.1 Å². The monoisotopic (exact) mass is 371 g/mol. The van der Waals surface area contributed by atoms with Crippen LogP contribution < -0.4 is 20.7 Å². The van der Waals surface area contributed by atoms with Crippen LogP contribution in [0.25, 0.3) is 11.3 Å². The molecule has 2 fully saturated rings. The highest BCUT2D eigenvalue weighted by Crippen LogP contribution is 2.27. The Hall–Kier alpha value is -2.52. The maximum absolute atomic E-state index is 6.20. The molecule has 2 aliphatic heterocycles. The number of ether oxygens (including phenoxy) is 2. The van der Waals surface area contributed by atoms with E-state index in [0.717, 1.165) is 56.0 Å². The number of hydrogen-bond acceptors (Lipinski definition) is 9. The molecule has 9 heteroatoms. The van der Waals surface area contributed by atoms with Crippen LogP contribution in [-0.4, -0.2) is 65.4 Å². The highest BCUT2D eigenvalue weighted by molar-refractivity contribution is 5.64. The standard InChI is InChI=1S/C18H25N7O2/c1-12-14(11-21-17(19)22-12)15-10-16(27-13-2-4-20-5-3-13)24-18(23-15)25-6-8-26-9-7-25/h10-11,13,20H,2-9H2,1H3,(H2,19,21,22). The average molecular weight is 371 g/mol. The maximum Gasteiger partial charge on any atom is 0.229 e. The molecule has 0 atom stereocenters. The van der Waals surface area contributed by atoms with Gasteiger partial charge >= 0.3 is 0 Å². The van der Waals surface area contributed by atoms with E-state index in [0.29, 0.717) is 25.0 Å². The van der Waals surface area contributed by atoms with Crippen molar-refractivity contribution >= 4 is 11.9 Å². The summed E-state index contributed by atoms with van der Waals surface area (Å²) in [6, 6.07) is 1.87. The van der Waals surface area contributed by atoms with E-state index < -0.39 is 0 Å². The Morgan fingerprint density at radius 1 is 1.19 bits per heavy atom. The number of nitrogens with zero attached hydrogens (tertiary/aromatic N) is 5. The topological polar surface area (TPSA) is 111 Å². The molecule has 0 aromatic carbocycles. The summed E-state index contributed by atoms with van der Waals surface area (Å²) in [5.74, 6) is 1.49. The van der Waals surface area contributed by atoms with Crippen LogP contribution in [0.5, 0.6) is 5.88 Å². The van der Waals surface area contributed by atoms with E-state index in [1.54, 1.807) is 6.20 Å². The van der Waals surface area contributed by atoms with Gasteiger partial charge in [-0.05, 0) is 32.9 Å². The van der Waals surface area contributed by atoms with Crippen LogP contribution in [0.4, 0.5) is 11.9 Å². The van der Waals surface area contributed by atoms with Crippen LogP contribution in [0.15, 0.2) is 12.3 Å². The maximum atomic E-state index is 6.20. The van der Waals surface area contributed by atoms with Crippen molar-refractivity contribution in [1.29, 1.82) is 0 Å². The molecule has 0 amide bonds. The van der Waals surface area contributed by atoms with Crippen molar-refractivity contribution in [1.82, 2.24) is 25.3 Å². The third-order valence-corrected chi connectivity index (χ3v) is 4.83. The largest absolute Gasteiger partial charge is 0.474 e. The van der Waals surface area contributed by atoms with Crippen LogP contribution >= 0.6 is 0 Å². The number of piperidine rings is 1. The quantitative estimate of drug-likeness (QED) is 0.805. The predicted molar refractivity (Wildman–Crippen MR) is 102 cm³/mol. The second-order valence-electron chi connectivity index (χ2n) is 6.79. The van der Waals surface area contributed by atoms with Crippen molar-refractivity contribution in [3.63, 3.8) is 0 Å². The van der Waals surface area contributed by atoms with E-state index in [1.807, 2.05) is 13.0 Å². The fourth-order valence-electron chi connectivity index (χ4n) is 3.34. The summed E-state index contributed by atoms with van der Waals surface area (Å²) in [5, 5.41) is 3.35. The Morgan fingerprint density at radius 3 is 2.70 bits per heavy atom. The molecule has 27 heavy (non-hydrogen) atoms. The fraction of sp³-hybridized carbons (Fsp3) is 0.556. The van der Waals surface area contributed by atoms with E-state index in [2.05, 4.69) is 25.2 Å². The second-order valence-corrected chi connectivity index (χ2v) is 6.79. The summed E-state index contributed by atoms with van der Waals surface area (Å²) >= 11 is 0. The first-order valence-electron chi connectivity index (χ1n) is 9.37. The summed E-state index contributed by atoms with van der Waals surface area (Å²) < 4.78 is 11.6. The van der Waals surface area contributed by atoms with Crippen molar-refractivity contribution < 1.29 is 9.47 Å². The average Bonchev–Trinajstić information content (AvgIpc) is 2.69. The molecule has 0 radical (unpaired) electrons. The van der Waals surface area contributed by atoms with E-state index in [-0.39, 0.29) is 12.1 Å². The fourth-order valence-corrected chi connectivity index (χ4v) is 3.34. The Morgan fingerprint density at radius 2 is 1.96 bits per heavy atom. The van der Waals surface area contributed by atoms with Gasteiger partial charge in [0.15, 0.2) is 0 Å². The Balaban J connectivity index is 1.68. The normalized spacial score (nSPS) is 18.5. The number of morpholine rings is 1.